The first-order valence-electron chi connectivity index (χ1n) is 15.1. The van der Waals surface area contributed by atoms with Crippen molar-refractivity contribution in [2.45, 2.75) is 103 Å². The number of nitrogens with zero attached hydrogens (tertiary/aromatic N) is 2. The van der Waals surface area contributed by atoms with Gasteiger partial charge in [0.1, 0.15) is 29.6 Å². The van der Waals surface area contributed by atoms with Crippen molar-refractivity contribution in [3.05, 3.63) is 45.7 Å². The minimum Gasteiger partial charge on any atom is -0.493 e. The van der Waals surface area contributed by atoms with Gasteiger partial charge in [0, 0.05) is 29.7 Å². The largest absolute Gasteiger partial charge is 0.493 e. The monoisotopic (exact) mass is 603 g/mol. The minimum absolute atomic E-state index is 0.0564. The summed E-state index contributed by atoms with van der Waals surface area (Å²) in [7, 11) is 0. The van der Waals surface area contributed by atoms with Gasteiger partial charge >= 0.3 is 0 Å². The summed E-state index contributed by atoms with van der Waals surface area (Å²) in [6.45, 7) is 8.75. The van der Waals surface area contributed by atoms with E-state index in [1.807, 2.05) is 19.1 Å². The van der Waals surface area contributed by atoms with E-state index in [1.165, 1.54) is 6.07 Å². The number of aryl methyl sites for hydroxylation is 2. The summed E-state index contributed by atoms with van der Waals surface area (Å²) in [6.07, 6.45) is 4.49. The van der Waals surface area contributed by atoms with E-state index in [4.69, 9.17) is 35.8 Å². The van der Waals surface area contributed by atoms with Crippen LogP contribution in [0.4, 0.5) is 16.0 Å². The molecule has 0 bridgehead atoms. The summed E-state index contributed by atoms with van der Waals surface area (Å²) in [6, 6.07) is 4.88. The van der Waals surface area contributed by atoms with Crippen LogP contribution in [0.25, 0.3) is 0 Å². The Labute approximate surface area is 252 Å². The van der Waals surface area contributed by atoms with Crippen molar-refractivity contribution in [2.75, 3.05) is 25.1 Å². The van der Waals surface area contributed by atoms with Crippen molar-refractivity contribution in [3.63, 3.8) is 0 Å². The first-order chi connectivity index (χ1) is 20.0. The van der Waals surface area contributed by atoms with Crippen LogP contribution in [0.5, 0.6) is 5.75 Å². The van der Waals surface area contributed by atoms with E-state index in [9.17, 15) is 10.2 Å². The maximum atomic E-state index is 15.3. The second-order valence-electron chi connectivity index (χ2n) is 12.5. The van der Waals surface area contributed by atoms with Crippen molar-refractivity contribution >= 4 is 28.9 Å². The highest BCUT2D eigenvalue weighted by Crippen LogP contribution is 2.40. The van der Waals surface area contributed by atoms with E-state index in [0.717, 1.165) is 42.5 Å². The summed E-state index contributed by atoms with van der Waals surface area (Å²) in [5, 5.41) is 23.8. The quantitative estimate of drug-likeness (QED) is 0.246. The van der Waals surface area contributed by atoms with Gasteiger partial charge in [0.2, 0.25) is 0 Å². The number of anilines is 1. The topological polar surface area (TPSA) is 105 Å². The number of rotatable bonds is 12. The van der Waals surface area contributed by atoms with Crippen LogP contribution in [-0.2, 0) is 15.9 Å². The number of halogens is 2. The molecule has 0 saturated carbocycles. The van der Waals surface area contributed by atoms with Gasteiger partial charge in [0.15, 0.2) is 5.82 Å². The van der Waals surface area contributed by atoms with Crippen molar-refractivity contribution in [1.29, 1.82) is 0 Å². The molecule has 3 aliphatic rings. The van der Waals surface area contributed by atoms with Gasteiger partial charge in [-0.05, 0) is 76.1 Å². The number of aromatic nitrogens is 1. The summed E-state index contributed by atoms with van der Waals surface area (Å²) < 4.78 is 32.6. The van der Waals surface area contributed by atoms with Crippen molar-refractivity contribution in [2.24, 2.45) is 10.9 Å². The van der Waals surface area contributed by atoms with Crippen LogP contribution in [0, 0.1) is 18.7 Å². The van der Waals surface area contributed by atoms with Gasteiger partial charge in [-0.2, -0.15) is 0 Å². The van der Waals surface area contributed by atoms with Crippen LogP contribution >= 0.6 is 11.6 Å². The molecule has 8 nitrogen and oxygen atoms in total. The molecule has 0 radical (unpaired) electrons. The Balaban J connectivity index is 1.28. The summed E-state index contributed by atoms with van der Waals surface area (Å²) in [4.78, 5) is 9.77. The molecule has 1 unspecified atom stereocenters. The number of nitrogens with one attached hydrogen (secondary N) is 1. The van der Waals surface area contributed by atoms with Gasteiger partial charge in [-0.3, -0.25) is 0 Å². The second kappa shape index (κ2) is 13.1. The minimum atomic E-state index is -0.839. The van der Waals surface area contributed by atoms with Crippen molar-refractivity contribution in [3.8, 4) is 5.75 Å². The molecule has 42 heavy (non-hydrogen) atoms. The summed E-state index contributed by atoms with van der Waals surface area (Å²) in [5.41, 5.74) is 2.59. The van der Waals surface area contributed by atoms with Crippen LogP contribution < -0.4 is 10.1 Å². The zero-order valence-corrected chi connectivity index (χ0v) is 25.7. The van der Waals surface area contributed by atoms with Crippen molar-refractivity contribution in [1.82, 2.24) is 4.98 Å². The molecule has 2 fully saturated rings. The number of hydrogen-bond donors (Lipinski definition) is 3. The zero-order valence-electron chi connectivity index (χ0n) is 25.0. The molecule has 2 aliphatic heterocycles. The lowest BCUT2D eigenvalue weighted by molar-refractivity contribution is 0.0167. The van der Waals surface area contributed by atoms with Gasteiger partial charge < -0.3 is 29.7 Å². The molecule has 2 aromatic rings. The molecule has 0 spiro atoms. The standard InChI is InChI=1S/C32H43ClFN3O5/c1-5-6-21(9-7-20-16-41-29-26(38)17-42-28(20)29)35-30-18(2)13-23(33)31(37-30)36-25-10-8-19-14-22(15-24(34)27(19)25)40-12-11-32(3,4)39/h13-15,20,25-26,28-29,38-39H,5-12,16-17H2,1-4H3,(H,36,37)/t20-,25?,26-,28-,29-/m1/s1. The molecule has 230 valence electrons. The van der Waals surface area contributed by atoms with E-state index in [-0.39, 0.29) is 30.0 Å². The molecule has 10 heteroatoms. The molecule has 1 aromatic heterocycles. The highest BCUT2D eigenvalue weighted by molar-refractivity contribution is 6.33. The predicted molar refractivity (Wildman–Crippen MR) is 162 cm³/mol. The fourth-order valence-electron chi connectivity index (χ4n) is 6.12. The second-order valence-corrected chi connectivity index (χ2v) is 12.9. The maximum absolute atomic E-state index is 15.3. The molecular formula is C32H43ClFN3O5. The molecule has 5 rings (SSSR count). The van der Waals surface area contributed by atoms with Crippen LogP contribution in [-0.4, -0.2) is 64.6 Å². The third-order valence-electron chi connectivity index (χ3n) is 8.41. The number of benzene rings is 1. The first-order valence-corrected chi connectivity index (χ1v) is 15.5. The molecule has 0 amide bonds. The third-order valence-corrected chi connectivity index (χ3v) is 8.70. The van der Waals surface area contributed by atoms with E-state index < -0.39 is 11.7 Å². The van der Waals surface area contributed by atoms with Gasteiger partial charge in [0.25, 0.3) is 0 Å². The SMILES string of the molecule is CCCC(CC[C@@H]1CO[C@H]2[C@@H]1OC[C@H]2O)=Nc1nc(NC2CCc3cc(OCCC(C)(C)O)cc(F)c32)c(Cl)cc1C. The highest BCUT2D eigenvalue weighted by Gasteiger charge is 2.46. The molecule has 1 aliphatic carbocycles. The predicted octanol–water partition coefficient (Wildman–Crippen LogP) is 6.25. The highest BCUT2D eigenvalue weighted by atomic mass is 35.5. The Hall–Kier alpha value is -2.30. The summed E-state index contributed by atoms with van der Waals surface area (Å²) >= 11 is 6.62. The van der Waals surface area contributed by atoms with E-state index >= 15 is 4.39 Å². The van der Waals surface area contributed by atoms with E-state index in [2.05, 4.69) is 12.2 Å². The van der Waals surface area contributed by atoms with Gasteiger partial charge in [-0.1, -0.05) is 24.9 Å². The average Bonchev–Trinajstić information content (AvgIpc) is 3.61. The van der Waals surface area contributed by atoms with Crippen molar-refractivity contribution < 1.29 is 28.8 Å². The zero-order chi connectivity index (χ0) is 30.0. The average molecular weight is 604 g/mol. The van der Waals surface area contributed by atoms with Crippen LogP contribution in [0.15, 0.2) is 23.2 Å². The van der Waals surface area contributed by atoms with Gasteiger partial charge in [-0.15, -0.1) is 0 Å². The molecule has 1 aromatic carbocycles. The lowest BCUT2D eigenvalue weighted by Crippen LogP contribution is -2.29. The van der Waals surface area contributed by atoms with Crippen LogP contribution in [0.1, 0.15) is 82.0 Å². The number of aliphatic imine (C=N–C) groups is 1. The normalized spacial score (nSPS) is 25.5. The molecule has 5 atom stereocenters. The molecule has 3 heterocycles. The number of hydrogen-bond acceptors (Lipinski definition) is 8. The van der Waals surface area contributed by atoms with E-state index in [1.54, 1.807) is 13.8 Å². The number of pyridine rings is 1. The summed E-state index contributed by atoms with van der Waals surface area (Å²) in [5.74, 6) is 1.46. The van der Waals surface area contributed by atoms with Crippen LogP contribution in [0.2, 0.25) is 5.02 Å². The molecule has 2 saturated heterocycles. The Kier molecular flexibility index (Phi) is 9.74. The third kappa shape index (κ3) is 7.25. The fourth-order valence-corrected chi connectivity index (χ4v) is 6.38. The van der Waals surface area contributed by atoms with Gasteiger partial charge in [0.05, 0.1) is 42.6 Å². The molecule has 3 N–H and O–H groups in total. The number of ether oxygens (including phenoxy) is 3. The van der Waals surface area contributed by atoms with E-state index in [0.29, 0.717) is 67.1 Å². The van der Waals surface area contributed by atoms with Crippen LogP contribution in [0.3, 0.4) is 0 Å². The number of aliphatic hydroxyl groups is 2. The Morgan fingerprint density at radius 2 is 2.00 bits per heavy atom. The maximum Gasteiger partial charge on any atom is 0.157 e. The van der Waals surface area contributed by atoms with Gasteiger partial charge in [-0.25, -0.2) is 14.4 Å². The Bertz CT molecular complexity index is 1300. The Morgan fingerprint density at radius 3 is 2.76 bits per heavy atom. The fraction of sp³-hybridized carbons (Fsp3) is 0.625. The molecular weight excluding hydrogens is 561 g/mol. The number of fused-ring (bicyclic) bond motifs is 2. The lowest BCUT2D eigenvalue weighted by Gasteiger charge is -2.19. The smallest absolute Gasteiger partial charge is 0.157 e. The Morgan fingerprint density at radius 1 is 1.21 bits per heavy atom. The first kappa shape index (κ1) is 31.1. The number of aliphatic hydroxyl groups excluding tert-OH is 1. The lowest BCUT2D eigenvalue weighted by atomic mass is 9.94.